The van der Waals surface area contributed by atoms with E-state index < -0.39 is 12.0 Å². The van der Waals surface area contributed by atoms with E-state index in [1.807, 2.05) is 48.7 Å². The maximum atomic E-state index is 12.6. The molecule has 3 aromatic rings. The van der Waals surface area contributed by atoms with E-state index in [1.165, 1.54) is 11.3 Å². The Balaban J connectivity index is 1.75. The minimum absolute atomic E-state index is 0.0305. The molecule has 7 heteroatoms. The molecule has 140 valence electrons. The van der Waals surface area contributed by atoms with Crippen molar-refractivity contribution < 1.29 is 19.1 Å². The molecular weight excluding hydrogens is 364 g/mol. The van der Waals surface area contributed by atoms with Crippen LogP contribution in [0.4, 0.5) is 0 Å². The smallest absolute Gasteiger partial charge is 0.305 e. The second-order valence-corrected chi connectivity index (χ2v) is 7.20. The lowest BCUT2D eigenvalue weighted by Gasteiger charge is -2.19. The van der Waals surface area contributed by atoms with Crippen LogP contribution in [-0.4, -0.2) is 22.0 Å². The van der Waals surface area contributed by atoms with Gasteiger partial charge in [0.1, 0.15) is 5.76 Å². The van der Waals surface area contributed by atoms with E-state index in [0.29, 0.717) is 17.3 Å². The number of aliphatic carboxylic acids is 1. The molecule has 6 nitrogen and oxygen atoms in total. The number of benzene rings is 1. The average molecular weight is 384 g/mol. The normalized spacial score (nSPS) is 11.9. The molecule has 0 aliphatic heterocycles. The molecule has 1 amide bonds. The van der Waals surface area contributed by atoms with Crippen molar-refractivity contribution in [1.82, 2.24) is 10.3 Å². The minimum Gasteiger partial charge on any atom is -0.481 e. The lowest BCUT2D eigenvalue weighted by molar-refractivity contribution is -0.137. The molecule has 1 aromatic carbocycles. The molecule has 0 spiro atoms. The quantitative estimate of drug-likeness (QED) is 0.645. The van der Waals surface area contributed by atoms with Crippen LogP contribution in [0.25, 0.3) is 10.8 Å². The number of nitrogens with one attached hydrogen (secondary N) is 1. The van der Waals surface area contributed by atoms with Crippen molar-refractivity contribution in [3.05, 3.63) is 64.4 Å². The second kappa shape index (κ2) is 8.18. The standard InChI is InChI=1S/C20H20N2O4S/c1-12-6-3-4-7-14(12)16(11-19(24)25)21-18(23)10-15-13(2)26-20(22-15)17-8-5-9-27-17/h3-9,16H,10-11H2,1-2H3,(H,21,23)(H,24,25). The number of aryl methyl sites for hydroxylation is 2. The highest BCUT2D eigenvalue weighted by Crippen LogP contribution is 2.26. The zero-order chi connectivity index (χ0) is 19.4. The number of carbonyl (C=O) groups excluding carboxylic acids is 1. The van der Waals surface area contributed by atoms with Crippen LogP contribution in [0.1, 0.15) is 35.0 Å². The molecule has 0 saturated heterocycles. The SMILES string of the molecule is Cc1ccccc1C(CC(=O)O)NC(=O)Cc1nc(-c2cccs2)oc1C. The Morgan fingerprint density at radius 1 is 1.22 bits per heavy atom. The molecule has 1 atom stereocenters. The third kappa shape index (κ3) is 4.62. The number of carboxylic acid groups (broad SMARTS) is 1. The van der Waals surface area contributed by atoms with Gasteiger partial charge in [0, 0.05) is 0 Å². The van der Waals surface area contributed by atoms with E-state index in [4.69, 9.17) is 4.42 Å². The fraction of sp³-hybridized carbons (Fsp3) is 0.250. The largest absolute Gasteiger partial charge is 0.481 e. The number of thiophene rings is 1. The summed E-state index contributed by atoms with van der Waals surface area (Å²) in [5, 5.41) is 14.0. The first-order valence-corrected chi connectivity index (χ1v) is 9.39. The van der Waals surface area contributed by atoms with E-state index in [9.17, 15) is 14.7 Å². The molecule has 1 unspecified atom stereocenters. The molecule has 2 aromatic heterocycles. The topological polar surface area (TPSA) is 92.4 Å². The Morgan fingerprint density at radius 2 is 2.00 bits per heavy atom. The zero-order valence-electron chi connectivity index (χ0n) is 15.1. The van der Waals surface area contributed by atoms with Crippen molar-refractivity contribution >= 4 is 23.2 Å². The number of carboxylic acids is 1. The van der Waals surface area contributed by atoms with Crippen LogP contribution in [-0.2, 0) is 16.0 Å². The molecule has 0 radical (unpaired) electrons. The number of hydrogen-bond acceptors (Lipinski definition) is 5. The van der Waals surface area contributed by atoms with Crippen LogP contribution in [0, 0.1) is 13.8 Å². The lowest BCUT2D eigenvalue weighted by atomic mass is 9.98. The summed E-state index contributed by atoms with van der Waals surface area (Å²) in [6.07, 6.45) is -0.155. The summed E-state index contributed by atoms with van der Waals surface area (Å²) in [6.45, 7) is 3.66. The van der Waals surface area contributed by atoms with Crippen LogP contribution in [0.15, 0.2) is 46.2 Å². The monoisotopic (exact) mass is 384 g/mol. The highest BCUT2D eigenvalue weighted by Gasteiger charge is 2.21. The van der Waals surface area contributed by atoms with Crippen molar-refractivity contribution in [2.24, 2.45) is 0 Å². The summed E-state index contributed by atoms with van der Waals surface area (Å²) in [6, 6.07) is 10.7. The molecule has 0 aliphatic rings. The van der Waals surface area contributed by atoms with E-state index >= 15 is 0 Å². The van der Waals surface area contributed by atoms with Gasteiger partial charge in [0.15, 0.2) is 0 Å². The Morgan fingerprint density at radius 3 is 2.67 bits per heavy atom. The van der Waals surface area contributed by atoms with Crippen molar-refractivity contribution in [2.45, 2.75) is 32.7 Å². The lowest BCUT2D eigenvalue weighted by Crippen LogP contribution is -2.32. The Kier molecular flexibility index (Phi) is 5.71. The first kappa shape index (κ1) is 18.8. The van der Waals surface area contributed by atoms with Gasteiger partial charge in [0.05, 0.1) is 29.5 Å². The highest BCUT2D eigenvalue weighted by atomic mass is 32.1. The van der Waals surface area contributed by atoms with E-state index in [1.54, 1.807) is 6.92 Å². The molecule has 2 N–H and O–H groups in total. The summed E-state index contributed by atoms with van der Waals surface area (Å²) < 4.78 is 5.66. The Labute approximate surface area is 160 Å². The predicted molar refractivity (Wildman–Crippen MR) is 103 cm³/mol. The third-order valence-electron chi connectivity index (χ3n) is 4.23. The van der Waals surface area contributed by atoms with Gasteiger partial charge in [-0.3, -0.25) is 9.59 Å². The molecule has 0 aliphatic carbocycles. The highest BCUT2D eigenvalue weighted by molar-refractivity contribution is 7.13. The first-order chi connectivity index (χ1) is 12.9. The third-order valence-corrected chi connectivity index (χ3v) is 5.09. The van der Waals surface area contributed by atoms with Gasteiger partial charge >= 0.3 is 5.97 Å². The molecule has 2 heterocycles. The fourth-order valence-corrected chi connectivity index (χ4v) is 3.54. The molecule has 0 fully saturated rings. The van der Waals surface area contributed by atoms with Crippen molar-refractivity contribution in [3.63, 3.8) is 0 Å². The maximum Gasteiger partial charge on any atom is 0.305 e. The number of oxazole rings is 1. The van der Waals surface area contributed by atoms with Crippen molar-refractivity contribution in [1.29, 1.82) is 0 Å². The van der Waals surface area contributed by atoms with Gasteiger partial charge in [-0.25, -0.2) is 4.98 Å². The number of amides is 1. The second-order valence-electron chi connectivity index (χ2n) is 6.25. The van der Waals surface area contributed by atoms with E-state index in [0.717, 1.165) is 16.0 Å². The summed E-state index contributed by atoms with van der Waals surface area (Å²) in [7, 11) is 0. The van der Waals surface area contributed by atoms with E-state index in [-0.39, 0.29) is 18.7 Å². The molecular formula is C20H20N2O4S. The fourth-order valence-electron chi connectivity index (χ4n) is 2.89. The van der Waals surface area contributed by atoms with Gasteiger partial charge in [-0.2, -0.15) is 0 Å². The number of carbonyl (C=O) groups is 2. The van der Waals surface area contributed by atoms with Crippen LogP contribution in [0.2, 0.25) is 0 Å². The summed E-state index contributed by atoms with van der Waals surface area (Å²) in [5.41, 5.74) is 2.28. The molecule has 27 heavy (non-hydrogen) atoms. The van der Waals surface area contributed by atoms with Gasteiger partial charge in [0.25, 0.3) is 0 Å². The van der Waals surface area contributed by atoms with Gasteiger partial charge < -0.3 is 14.8 Å². The van der Waals surface area contributed by atoms with Gasteiger partial charge in [-0.1, -0.05) is 30.3 Å². The Hall–Kier alpha value is -2.93. The predicted octanol–water partition coefficient (Wildman–Crippen LogP) is 3.89. The molecule has 0 saturated carbocycles. The number of rotatable bonds is 7. The zero-order valence-corrected chi connectivity index (χ0v) is 15.9. The maximum absolute atomic E-state index is 12.6. The average Bonchev–Trinajstić information content (AvgIpc) is 3.25. The van der Waals surface area contributed by atoms with Crippen molar-refractivity contribution in [3.8, 4) is 10.8 Å². The number of aromatic nitrogens is 1. The Bertz CT molecular complexity index is 947. The van der Waals surface area contributed by atoms with Gasteiger partial charge in [-0.05, 0) is 36.4 Å². The van der Waals surface area contributed by atoms with Crippen LogP contribution in [0.3, 0.4) is 0 Å². The van der Waals surface area contributed by atoms with E-state index in [2.05, 4.69) is 10.3 Å². The van der Waals surface area contributed by atoms with Gasteiger partial charge in [-0.15, -0.1) is 11.3 Å². The minimum atomic E-state index is -0.971. The van der Waals surface area contributed by atoms with Crippen LogP contribution in [0.5, 0.6) is 0 Å². The van der Waals surface area contributed by atoms with Gasteiger partial charge in [0.2, 0.25) is 11.8 Å². The van der Waals surface area contributed by atoms with Crippen LogP contribution < -0.4 is 5.32 Å². The molecule has 3 rings (SSSR count). The van der Waals surface area contributed by atoms with Crippen molar-refractivity contribution in [2.75, 3.05) is 0 Å². The summed E-state index contributed by atoms with van der Waals surface area (Å²) >= 11 is 1.51. The summed E-state index contributed by atoms with van der Waals surface area (Å²) in [5.74, 6) is -0.190. The van der Waals surface area contributed by atoms with Crippen LogP contribution >= 0.6 is 11.3 Å². The first-order valence-electron chi connectivity index (χ1n) is 8.51. The number of hydrogen-bond donors (Lipinski definition) is 2. The summed E-state index contributed by atoms with van der Waals surface area (Å²) in [4.78, 5) is 29.1. The molecule has 0 bridgehead atoms. The number of nitrogens with zero attached hydrogens (tertiary/aromatic N) is 1.